The highest BCUT2D eigenvalue weighted by molar-refractivity contribution is 5.76. The summed E-state index contributed by atoms with van der Waals surface area (Å²) in [4.78, 5) is 4.55. The van der Waals surface area contributed by atoms with Gasteiger partial charge in [-0.3, -0.25) is 0 Å². The first-order chi connectivity index (χ1) is 13.2. The minimum Gasteiger partial charge on any atom is -0.302 e. The molecule has 0 bridgehead atoms. The Bertz CT molecular complexity index is 993. The fourth-order valence-corrected chi connectivity index (χ4v) is 5.03. The molecule has 2 aromatic heterocycles. The first-order valence-corrected chi connectivity index (χ1v) is 10.3. The molecule has 0 radical (unpaired) electrons. The molecule has 5 rings (SSSR count). The number of benzene rings is 1. The molecule has 1 aliphatic heterocycles. The predicted octanol–water partition coefficient (Wildman–Crippen LogP) is 4.70. The van der Waals surface area contributed by atoms with Crippen molar-refractivity contribution in [3.8, 4) is 16.9 Å². The van der Waals surface area contributed by atoms with Crippen molar-refractivity contribution in [3.63, 3.8) is 0 Å². The topological polar surface area (TPSA) is 21.7 Å². The molecule has 0 spiro atoms. The molecule has 0 unspecified atom stereocenters. The fourth-order valence-electron chi connectivity index (χ4n) is 5.03. The summed E-state index contributed by atoms with van der Waals surface area (Å²) in [5, 5.41) is 0. The lowest BCUT2D eigenvalue weighted by Gasteiger charge is -2.21. The highest BCUT2D eigenvalue weighted by Gasteiger charge is 2.27. The van der Waals surface area contributed by atoms with E-state index in [9.17, 15) is 0 Å². The number of aromatic nitrogens is 3. The third kappa shape index (κ3) is 2.90. The quantitative estimate of drug-likeness (QED) is 0.487. The molecular formula is C24H28N3+. The van der Waals surface area contributed by atoms with Crippen molar-refractivity contribution in [2.24, 2.45) is 13.0 Å². The molecule has 1 fully saturated rings. The smallest absolute Gasteiger partial charge is 0.214 e. The molecule has 0 amide bonds. The van der Waals surface area contributed by atoms with Crippen LogP contribution in [0.2, 0.25) is 0 Å². The zero-order chi connectivity index (χ0) is 18.4. The Morgan fingerprint density at radius 2 is 2.00 bits per heavy atom. The Balaban J connectivity index is 1.60. The van der Waals surface area contributed by atoms with Crippen molar-refractivity contribution in [2.75, 3.05) is 0 Å². The van der Waals surface area contributed by atoms with Crippen LogP contribution in [0.3, 0.4) is 0 Å². The van der Waals surface area contributed by atoms with Gasteiger partial charge in [-0.2, -0.15) is 0 Å². The third-order valence-electron chi connectivity index (χ3n) is 6.50. The molecule has 1 saturated carbocycles. The van der Waals surface area contributed by atoms with Crippen molar-refractivity contribution in [3.05, 3.63) is 65.4 Å². The second-order valence-electron chi connectivity index (χ2n) is 8.39. The van der Waals surface area contributed by atoms with Crippen LogP contribution in [-0.2, 0) is 19.9 Å². The van der Waals surface area contributed by atoms with E-state index in [4.69, 9.17) is 0 Å². The van der Waals surface area contributed by atoms with Gasteiger partial charge in [0.15, 0.2) is 6.20 Å². The average Bonchev–Trinajstić information content (AvgIpc) is 3.26. The molecule has 27 heavy (non-hydrogen) atoms. The van der Waals surface area contributed by atoms with E-state index in [2.05, 4.69) is 64.7 Å². The van der Waals surface area contributed by atoms with Crippen LogP contribution in [0.15, 0.2) is 42.9 Å². The minimum absolute atomic E-state index is 0.863. The van der Waals surface area contributed by atoms with Crippen LogP contribution >= 0.6 is 0 Å². The minimum atomic E-state index is 0.863. The Morgan fingerprint density at radius 1 is 1.15 bits per heavy atom. The summed E-state index contributed by atoms with van der Waals surface area (Å²) in [5.74, 6) is 2.01. The summed E-state index contributed by atoms with van der Waals surface area (Å²) >= 11 is 0. The maximum atomic E-state index is 4.55. The van der Waals surface area contributed by atoms with Crippen molar-refractivity contribution in [1.82, 2.24) is 9.55 Å². The standard InChI is InChI=1S/C24H28N3/c1-17-8-9-20-16-22-25-11-13-27(22)24(20)23(17)21-15-19(10-12-26(21)2)14-18-6-4-3-5-7-18/h8-13,15,18H,3-7,14,16H2,1-2H3/q+1. The van der Waals surface area contributed by atoms with Gasteiger partial charge in [-0.1, -0.05) is 44.2 Å². The Morgan fingerprint density at radius 3 is 2.85 bits per heavy atom. The first kappa shape index (κ1) is 16.7. The number of nitrogens with zero attached hydrogens (tertiary/aromatic N) is 3. The van der Waals surface area contributed by atoms with Gasteiger partial charge in [0.05, 0.1) is 11.3 Å². The fraction of sp³-hybridized carbons (Fsp3) is 0.417. The van der Waals surface area contributed by atoms with E-state index in [0.29, 0.717) is 0 Å². The highest BCUT2D eigenvalue weighted by atomic mass is 15.1. The molecule has 3 heterocycles. The van der Waals surface area contributed by atoms with Crippen molar-refractivity contribution in [2.45, 2.75) is 51.9 Å². The summed E-state index contributed by atoms with van der Waals surface area (Å²) in [6, 6.07) is 9.30. The van der Waals surface area contributed by atoms with Crippen molar-refractivity contribution in [1.29, 1.82) is 0 Å². The number of aryl methyl sites for hydroxylation is 2. The van der Waals surface area contributed by atoms with Gasteiger partial charge in [0.25, 0.3) is 0 Å². The zero-order valence-corrected chi connectivity index (χ0v) is 16.4. The van der Waals surface area contributed by atoms with Gasteiger partial charge in [0.1, 0.15) is 12.9 Å². The summed E-state index contributed by atoms with van der Waals surface area (Å²) < 4.78 is 4.56. The molecule has 2 aliphatic rings. The van der Waals surface area contributed by atoms with E-state index in [1.165, 1.54) is 72.2 Å². The highest BCUT2D eigenvalue weighted by Crippen LogP contribution is 2.37. The first-order valence-electron chi connectivity index (χ1n) is 10.3. The number of hydrogen-bond donors (Lipinski definition) is 0. The summed E-state index contributed by atoms with van der Waals surface area (Å²) in [7, 11) is 2.17. The number of hydrogen-bond acceptors (Lipinski definition) is 1. The maximum absolute atomic E-state index is 4.55. The predicted molar refractivity (Wildman–Crippen MR) is 108 cm³/mol. The lowest BCUT2D eigenvalue weighted by Crippen LogP contribution is -2.31. The van der Waals surface area contributed by atoms with Gasteiger partial charge in [-0.25, -0.2) is 9.55 Å². The SMILES string of the molecule is Cc1ccc2c(c1-c1cc(CC3CCCCC3)cc[n+]1C)-n1ccnc1C2. The lowest BCUT2D eigenvalue weighted by molar-refractivity contribution is -0.660. The van der Waals surface area contributed by atoms with Crippen LogP contribution in [0, 0.1) is 12.8 Å². The van der Waals surface area contributed by atoms with E-state index in [-0.39, 0.29) is 0 Å². The number of pyridine rings is 1. The van der Waals surface area contributed by atoms with Crippen LogP contribution in [-0.4, -0.2) is 9.55 Å². The van der Waals surface area contributed by atoms with E-state index >= 15 is 0 Å². The van der Waals surface area contributed by atoms with E-state index in [1.807, 2.05) is 6.20 Å². The molecule has 0 N–H and O–H groups in total. The molecule has 0 atom stereocenters. The molecular weight excluding hydrogens is 330 g/mol. The van der Waals surface area contributed by atoms with Crippen LogP contribution in [0.5, 0.6) is 0 Å². The monoisotopic (exact) mass is 358 g/mol. The van der Waals surface area contributed by atoms with Crippen LogP contribution in [0.1, 0.15) is 54.6 Å². The zero-order valence-electron chi connectivity index (χ0n) is 16.4. The lowest BCUT2D eigenvalue weighted by atomic mass is 9.84. The molecule has 1 aliphatic carbocycles. The van der Waals surface area contributed by atoms with Gasteiger partial charge in [0.2, 0.25) is 5.69 Å². The van der Waals surface area contributed by atoms with Crippen LogP contribution in [0.25, 0.3) is 16.9 Å². The Labute approximate surface area is 161 Å². The summed E-state index contributed by atoms with van der Waals surface area (Å²) in [5.41, 5.74) is 8.21. The summed E-state index contributed by atoms with van der Waals surface area (Å²) in [6.07, 6.45) is 15.5. The van der Waals surface area contributed by atoms with Crippen LogP contribution < -0.4 is 4.57 Å². The van der Waals surface area contributed by atoms with E-state index < -0.39 is 0 Å². The second kappa shape index (κ2) is 6.63. The van der Waals surface area contributed by atoms with Gasteiger partial charge in [0, 0.05) is 30.9 Å². The van der Waals surface area contributed by atoms with Gasteiger partial charge < -0.3 is 4.57 Å². The average molecular weight is 359 g/mol. The van der Waals surface area contributed by atoms with Crippen molar-refractivity contribution < 1.29 is 4.57 Å². The second-order valence-corrected chi connectivity index (χ2v) is 8.39. The largest absolute Gasteiger partial charge is 0.302 e. The van der Waals surface area contributed by atoms with Gasteiger partial charge >= 0.3 is 0 Å². The van der Waals surface area contributed by atoms with Gasteiger partial charge in [-0.15, -0.1) is 0 Å². The van der Waals surface area contributed by atoms with E-state index in [0.717, 1.165) is 18.2 Å². The Kier molecular flexibility index (Phi) is 4.11. The molecule has 0 saturated heterocycles. The normalized spacial score (nSPS) is 16.4. The Hall–Kier alpha value is -2.42. The van der Waals surface area contributed by atoms with Gasteiger partial charge in [-0.05, 0) is 36.0 Å². The molecule has 3 nitrogen and oxygen atoms in total. The molecule has 1 aromatic carbocycles. The summed E-state index contributed by atoms with van der Waals surface area (Å²) in [6.45, 7) is 2.23. The number of rotatable bonds is 3. The van der Waals surface area contributed by atoms with Crippen LogP contribution in [0.4, 0.5) is 0 Å². The molecule has 3 heteroatoms. The number of fused-ring (bicyclic) bond motifs is 3. The third-order valence-corrected chi connectivity index (χ3v) is 6.50. The number of imidazole rings is 1. The van der Waals surface area contributed by atoms with E-state index in [1.54, 1.807) is 0 Å². The maximum Gasteiger partial charge on any atom is 0.214 e. The molecule has 138 valence electrons. The molecule has 3 aromatic rings. The van der Waals surface area contributed by atoms with Crippen molar-refractivity contribution >= 4 is 0 Å².